The van der Waals surface area contributed by atoms with Gasteiger partial charge in [0, 0.05) is 17.0 Å². The molecule has 0 fully saturated rings. The highest BCUT2D eigenvalue weighted by molar-refractivity contribution is 5.96. The van der Waals surface area contributed by atoms with Crippen LogP contribution in [0, 0.1) is 32.1 Å². The maximum atomic E-state index is 13.1. The summed E-state index contributed by atoms with van der Waals surface area (Å²) in [6.07, 6.45) is 0.364. The van der Waals surface area contributed by atoms with Gasteiger partial charge in [-0.1, -0.05) is 19.1 Å². The van der Waals surface area contributed by atoms with E-state index in [4.69, 9.17) is 9.15 Å². The first-order valence-corrected chi connectivity index (χ1v) is 9.33. The molecular formula is C22H23N3O4. The van der Waals surface area contributed by atoms with Crippen LogP contribution in [0.4, 0.5) is 5.88 Å². The molecule has 7 nitrogen and oxygen atoms in total. The number of carbonyl (C=O) groups is 1. The van der Waals surface area contributed by atoms with E-state index in [1.165, 1.54) is 17.7 Å². The minimum atomic E-state index is -0.806. The number of hydrogen-bond donors (Lipinski definition) is 1. The van der Waals surface area contributed by atoms with Crippen LogP contribution in [0.3, 0.4) is 0 Å². The summed E-state index contributed by atoms with van der Waals surface area (Å²) in [5, 5.41) is 12.9. The number of furan rings is 1. The number of fused-ring (bicyclic) bond motifs is 1. The molecule has 1 aromatic carbocycles. The van der Waals surface area contributed by atoms with E-state index in [2.05, 4.69) is 11.4 Å². The van der Waals surface area contributed by atoms with Crippen LogP contribution in [0.25, 0.3) is 10.9 Å². The lowest BCUT2D eigenvalue weighted by Gasteiger charge is -2.21. The van der Waals surface area contributed by atoms with Gasteiger partial charge in [0.1, 0.15) is 29.2 Å². The number of rotatable bonds is 5. The third kappa shape index (κ3) is 3.38. The Bertz CT molecular complexity index is 1200. The summed E-state index contributed by atoms with van der Waals surface area (Å²) in [5.74, 6) is 0.736. The minimum Gasteiger partial charge on any atom is -0.495 e. The maximum Gasteiger partial charge on any atom is 0.252 e. The van der Waals surface area contributed by atoms with Crippen molar-refractivity contribution in [3.8, 4) is 11.8 Å². The molecule has 1 atom stereocenters. The zero-order valence-electron chi connectivity index (χ0n) is 17.1. The fourth-order valence-corrected chi connectivity index (χ4v) is 3.54. The first-order chi connectivity index (χ1) is 13.8. The molecule has 0 aliphatic rings. The monoisotopic (exact) mass is 393 g/mol. The predicted octanol–water partition coefficient (Wildman–Crippen LogP) is 3.99. The second-order valence-corrected chi connectivity index (χ2v) is 6.90. The van der Waals surface area contributed by atoms with E-state index >= 15 is 0 Å². The Morgan fingerprint density at radius 2 is 2.07 bits per heavy atom. The van der Waals surface area contributed by atoms with Gasteiger partial charge in [-0.3, -0.25) is 19.5 Å². The SMILES string of the molecule is CCC(C(=O)Nc1oc(C)c(C)c1C#N)n1c(=O)cc(C)c2cccc(OC)c21. The molecule has 0 saturated heterocycles. The highest BCUT2D eigenvalue weighted by Crippen LogP contribution is 2.31. The Labute approximate surface area is 168 Å². The fraction of sp³-hybridized carbons (Fsp3) is 0.318. The van der Waals surface area contributed by atoms with E-state index in [0.29, 0.717) is 29.0 Å². The molecule has 0 radical (unpaired) electrons. The molecule has 1 unspecified atom stereocenters. The number of anilines is 1. The van der Waals surface area contributed by atoms with Gasteiger partial charge >= 0.3 is 0 Å². The molecule has 3 rings (SSSR count). The van der Waals surface area contributed by atoms with E-state index < -0.39 is 11.9 Å². The zero-order valence-corrected chi connectivity index (χ0v) is 17.1. The van der Waals surface area contributed by atoms with Crippen LogP contribution in [0.2, 0.25) is 0 Å². The summed E-state index contributed by atoms with van der Waals surface area (Å²) in [7, 11) is 1.53. The van der Waals surface area contributed by atoms with Crippen LogP contribution < -0.4 is 15.6 Å². The van der Waals surface area contributed by atoms with Gasteiger partial charge in [-0.2, -0.15) is 5.26 Å². The Morgan fingerprint density at radius 3 is 2.69 bits per heavy atom. The highest BCUT2D eigenvalue weighted by Gasteiger charge is 2.26. The maximum absolute atomic E-state index is 13.1. The van der Waals surface area contributed by atoms with Crippen molar-refractivity contribution in [1.29, 1.82) is 5.26 Å². The van der Waals surface area contributed by atoms with Gasteiger partial charge in [0.25, 0.3) is 5.56 Å². The summed E-state index contributed by atoms with van der Waals surface area (Å²) in [5.41, 5.74) is 2.03. The van der Waals surface area contributed by atoms with Crippen LogP contribution in [0.5, 0.6) is 5.75 Å². The number of carbonyl (C=O) groups excluding carboxylic acids is 1. The van der Waals surface area contributed by atoms with Crippen molar-refractivity contribution in [2.24, 2.45) is 0 Å². The fourth-order valence-electron chi connectivity index (χ4n) is 3.54. The lowest BCUT2D eigenvalue weighted by atomic mass is 10.1. The molecule has 3 aromatic rings. The minimum absolute atomic E-state index is 0.0994. The number of nitrogens with one attached hydrogen (secondary N) is 1. The van der Waals surface area contributed by atoms with Gasteiger partial charge in [0.2, 0.25) is 11.8 Å². The number of pyridine rings is 1. The quantitative estimate of drug-likeness (QED) is 0.707. The predicted molar refractivity (Wildman–Crippen MR) is 110 cm³/mol. The molecule has 0 spiro atoms. The van der Waals surface area contributed by atoms with Crippen LogP contribution in [-0.2, 0) is 4.79 Å². The van der Waals surface area contributed by atoms with E-state index in [-0.39, 0.29) is 17.0 Å². The third-order valence-corrected chi connectivity index (χ3v) is 5.20. The number of ether oxygens (including phenoxy) is 1. The number of para-hydroxylation sites is 1. The van der Waals surface area contributed by atoms with Gasteiger partial charge < -0.3 is 9.15 Å². The van der Waals surface area contributed by atoms with E-state index in [1.807, 2.05) is 26.0 Å². The Balaban J connectivity index is 2.15. The molecule has 2 aromatic heterocycles. The number of hydrogen-bond acceptors (Lipinski definition) is 5. The van der Waals surface area contributed by atoms with Crippen molar-refractivity contribution in [1.82, 2.24) is 4.57 Å². The van der Waals surface area contributed by atoms with Gasteiger partial charge in [0.05, 0.1) is 12.6 Å². The molecule has 1 amide bonds. The summed E-state index contributed by atoms with van der Waals surface area (Å²) in [6, 6.07) is 8.26. The molecule has 7 heteroatoms. The first-order valence-electron chi connectivity index (χ1n) is 9.33. The number of methoxy groups -OCH3 is 1. The standard InChI is InChI=1S/C22H23N3O4/c1-6-17(21(27)24-22-16(11-23)13(3)14(4)29-22)25-19(26)10-12(2)15-8-7-9-18(28-5)20(15)25/h7-10,17H,6H2,1-5H3,(H,24,27). The van der Waals surface area contributed by atoms with Gasteiger partial charge in [-0.25, -0.2) is 0 Å². The van der Waals surface area contributed by atoms with Crippen LogP contribution in [0.1, 0.15) is 41.8 Å². The van der Waals surface area contributed by atoms with Crippen molar-refractivity contribution in [3.63, 3.8) is 0 Å². The highest BCUT2D eigenvalue weighted by atomic mass is 16.5. The van der Waals surface area contributed by atoms with Crippen molar-refractivity contribution in [2.45, 2.75) is 40.2 Å². The number of aryl methyl sites for hydroxylation is 2. The second kappa shape index (κ2) is 7.84. The first kappa shape index (κ1) is 20.2. The summed E-state index contributed by atoms with van der Waals surface area (Å²) in [4.78, 5) is 26.0. The van der Waals surface area contributed by atoms with E-state index in [1.54, 1.807) is 19.9 Å². The number of benzene rings is 1. The van der Waals surface area contributed by atoms with E-state index in [9.17, 15) is 14.9 Å². The lowest BCUT2D eigenvalue weighted by Crippen LogP contribution is -2.33. The molecule has 0 bridgehead atoms. The molecule has 29 heavy (non-hydrogen) atoms. The summed E-state index contributed by atoms with van der Waals surface area (Å²) < 4.78 is 12.5. The molecule has 0 aliphatic carbocycles. The van der Waals surface area contributed by atoms with Gasteiger partial charge in [0.15, 0.2) is 0 Å². The zero-order chi connectivity index (χ0) is 21.3. The van der Waals surface area contributed by atoms with Crippen LogP contribution >= 0.6 is 0 Å². The van der Waals surface area contributed by atoms with Crippen molar-refractivity contribution in [3.05, 3.63) is 57.1 Å². The third-order valence-electron chi connectivity index (χ3n) is 5.20. The topological polar surface area (TPSA) is 97.3 Å². The van der Waals surface area contributed by atoms with Crippen LogP contribution in [0.15, 0.2) is 33.5 Å². The van der Waals surface area contributed by atoms with Gasteiger partial charge in [-0.05, 0) is 38.8 Å². The smallest absolute Gasteiger partial charge is 0.252 e. The van der Waals surface area contributed by atoms with E-state index in [0.717, 1.165) is 10.9 Å². The normalized spacial score (nSPS) is 11.9. The number of nitrogens with zero attached hydrogens (tertiary/aromatic N) is 2. The second-order valence-electron chi connectivity index (χ2n) is 6.90. The Hall–Kier alpha value is -3.53. The average molecular weight is 393 g/mol. The molecule has 2 heterocycles. The van der Waals surface area contributed by atoms with Crippen molar-refractivity contribution in [2.75, 3.05) is 12.4 Å². The Kier molecular flexibility index (Phi) is 5.46. The lowest BCUT2D eigenvalue weighted by molar-refractivity contribution is -0.119. The number of nitriles is 1. The van der Waals surface area contributed by atoms with Crippen LogP contribution in [-0.4, -0.2) is 17.6 Å². The largest absolute Gasteiger partial charge is 0.495 e. The number of amides is 1. The average Bonchev–Trinajstić information content (AvgIpc) is 2.96. The Morgan fingerprint density at radius 1 is 1.34 bits per heavy atom. The molecule has 0 aliphatic heterocycles. The molecular weight excluding hydrogens is 370 g/mol. The summed E-state index contributed by atoms with van der Waals surface area (Å²) in [6.45, 7) is 7.16. The molecule has 0 saturated carbocycles. The summed E-state index contributed by atoms with van der Waals surface area (Å²) >= 11 is 0. The van der Waals surface area contributed by atoms with Crippen molar-refractivity contribution < 1.29 is 13.9 Å². The molecule has 1 N–H and O–H groups in total. The van der Waals surface area contributed by atoms with Gasteiger partial charge in [-0.15, -0.1) is 0 Å². The molecule has 150 valence electrons. The number of aromatic nitrogens is 1. The van der Waals surface area contributed by atoms with Crippen molar-refractivity contribution >= 4 is 22.7 Å².